The quantitative estimate of drug-likeness (QED) is 0.844. The van der Waals surface area contributed by atoms with Crippen molar-refractivity contribution in [3.05, 3.63) is 59.9 Å². The van der Waals surface area contributed by atoms with Gasteiger partial charge in [0.15, 0.2) is 0 Å². The van der Waals surface area contributed by atoms with Crippen molar-refractivity contribution in [1.29, 1.82) is 0 Å². The summed E-state index contributed by atoms with van der Waals surface area (Å²) in [5.41, 5.74) is 2.82. The zero-order valence-electron chi connectivity index (χ0n) is 11.8. The summed E-state index contributed by atoms with van der Waals surface area (Å²) >= 11 is 0. The van der Waals surface area contributed by atoms with E-state index in [1.165, 1.54) is 5.56 Å². The van der Waals surface area contributed by atoms with Crippen molar-refractivity contribution >= 4 is 11.8 Å². The number of nitrogens with zero attached hydrogens (tertiary/aromatic N) is 1. The van der Waals surface area contributed by atoms with Crippen LogP contribution in [0, 0.1) is 0 Å². The molecule has 0 aliphatic heterocycles. The van der Waals surface area contributed by atoms with Gasteiger partial charge in [-0.15, -0.1) is 0 Å². The van der Waals surface area contributed by atoms with Gasteiger partial charge in [0.2, 0.25) is 0 Å². The Morgan fingerprint density at radius 1 is 1.14 bits per heavy atom. The molecule has 0 unspecified atom stereocenters. The molecule has 1 amide bonds. The number of carbonyl (C=O) groups is 1. The molecule has 1 aliphatic carbocycles. The third kappa shape index (κ3) is 3.40. The molecule has 1 aromatic carbocycles. The Balaban J connectivity index is 1.71. The molecular weight excluding hydrogens is 264 g/mol. The zero-order valence-corrected chi connectivity index (χ0v) is 11.8. The number of rotatable bonds is 2. The first kappa shape index (κ1) is 13.6. The minimum atomic E-state index is -0.426. The van der Waals surface area contributed by atoms with Gasteiger partial charge in [0.05, 0.1) is 5.69 Å². The maximum atomic E-state index is 12.0. The van der Waals surface area contributed by atoms with E-state index < -0.39 is 6.09 Å². The summed E-state index contributed by atoms with van der Waals surface area (Å²) in [6.45, 7) is 0. The minimum Gasteiger partial charge on any atom is -0.439 e. The summed E-state index contributed by atoms with van der Waals surface area (Å²) in [4.78, 5) is 16.5. The third-order valence-electron chi connectivity index (χ3n) is 3.66. The third-order valence-corrected chi connectivity index (χ3v) is 3.66. The fraction of sp³-hybridized carbons (Fsp3) is 0.294. The number of fused-ring (bicyclic) bond motifs is 1. The molecule has 1 aromatic heterocycles. The lowest BCUT2D eigenvalue weighted by atomic mass is 10.1. The molecule has 4 heteroatoms. The topological polar surface area (TPSA) is 51.2 Å². The van der Waals surface area contributed by atoms with E-state index in [4.69, 9.17) is 4.74 Å². The Bertz CT molecular complexity index is 613. The van der Waals surface area contributed by atoms with Crippen LogP contribution in [0.5, 0.6) is 0 Å². The minimum absolute atomic E-state index is 0.257. The molecule has 0 radical (unpaired) electrons. The molecule has 0 saturated carbocycles. The van der Waals surface area contributed by atoms with E-state index in [0.29, 0.717) is 0 Å². The zero-order chi connectivity index (χ0) is 14.5. The highest BCUT2D eigenvalue weighted by atomic mass is 16.6. The largest absolute Gasteiger partial charge is 0.439 e. The number of nitrogens with one attached hydrogen (secondary N) is 1. The first-order valence-corrected chi connectivity index (χ1v) is 7.29. The van der Waals surface area contributed by atoms with Crippen LogP contribution in [0.2, 0.25) is 0 Å². The lowest BCUT2D eigenvalue weighted by Gasteiger charge is -2.17. The van der Waals surface area contributed by atoms with Crippen LogP contribution in [-0.2, 0) is 11.2 Å². The summed E-state index contributed by atoms with van der Waals surface area (Å²) in [6, 6.07) is 13.3. The van der Waals surface area contributed by atoms with E-state index >= 15 is 0 Å². The Morgan fingerprint density at radius 3 is 2.86 bits per heavy atom. The van der Waals surface area contributed by atoms with E-state index in [2.05, 4.69) is 16.4 Å². The fourth-order valence-corrected chi connectivity index (χ4v) is 2.65. The normalized spacial score (nSPS) is 17.4. The molecule has 0 spiro atoms. The highest BCUT2D eigenvalue weighted by Crippen LogP contribution is 2.30. The van der Waals surface area contributed by atoms with Gasteiger partial charge in [-0.2, -0.15) is 0 Å². The lowest BCUT2D eigenvalue weighted by Crippen LogP contribution is -2.18. The van der Waals surface area contributed by atoms with Gasteiger partial charge in [0.25, 0.3) is 0 Å². The second kappa shape index (κ2) is 6.39. The number of ether oxygens (including phenoxy) is 1. The monoisotopic (exact) mass is 282 g/mol. The van der Waals surface area contributed by atoms with Gasteiger partial charge in [0, 0.05) is 11.9 Å². The number of hydrogen-bond donors (Lipinski definition) is 1. The Kier molecular flexibility index (Phi) is 4.15. The molecule has 1 atom stereocenters. The highest BCUT2D eigenvalue weighted by molar-refractivity contribution is 5.84. The Labute approximate surface area is 124 Å². The number of pyridine rings is 1. The van der Waals surface area contributed by atoms with E-state index in [1.807, 2.05) is 36.4 Å². The maximum absolute atomic E-state index is 12.0. The summed E-state index contributed by atoms with van der Waals surface area (Å²) in [7, 11) is 0. The molecule has 1 aliphatic rings. The summed E-state index contributed by atoms with van der Waals surface area (Å²) in [5, 5.41) is 2.75. The molecule has 3 rings (SSSR count). The van der Waals surface area contributed by atoms with E-state index in [9.17, 15) is 4.79 Å². The molecule has 21 heavy (non-hydrogen) atoms. The first-order valence-electron chi connectivity index (χ1n) is 7.29. The molecule has 0 saturated heterocycles. The number of anilines is 1. The summed E-state index contributed by atoms with van der Waals surface area (Å²) < 4.78 is 5.59. The van der Waals surface area contributed by atoms with Crippen molar-refractivity contribution in [3.63, 3.8) is 0 Å². The van der Waals surface area contributed by atoms with Crippen LogP contribution in [0.4, 0.5) is 10.5 Å². The molecule has 1 N–H and O–H groups in total. The van der Waals surface area contributed by atoms with Crippen molar-refractivity contribution in [2.45, 2.75) is 31.8 Å². The number of hydrogen-bond acceptors (Lipinski definition) is 3. The van der Waals surface area contributed by atoms with Gasteiger partial charge >= 0.3 is 6.09 Å². The fourth-order valence-electron chi connectivity index (χ4n) is 2.65. The number of amides is 1. The van der Waals surface area contributed by atoms with Gasteiger partial charge in [-0.25, -0.2) is 4.79 Å². The Hall–Kier alpha value is -2.36. The second-order valence-corrected chi connectivity index (χ2v) is 5.18. The van der Waals surface area contributed by atoms with E-state index in [0.717, 1.165) is 37.1 Å². The average Bonchev–Trinajstić information content (AvgIpc) is 2.71. The summed E-state index contributed by atoms with van der Waals surface area (Å²) in [5.74, 6) is 0. The van der Waals surface area contributed by atoms with Crippen LogP contribution in [0.3, 0.4) is 0 Å². The lowest BCUT2D eigenvalue weighted by molar-refractivity contribution is 0.103. The average molecular weight is 282 g/mol. The first-order chi connectivity index (χ1) is 10.3. The van der Waals surface area contributed by atoms with Crippen molar-refractivity contribution in [2.24, 2.45) is 0 Å². The van der Waals surface area contributed by atoms with Crippen LogP contribution in [-0.4, -0.2) is 11.1 Å². The van der Waals surface area contributed by atoms with Crippen molar-refractivity contribution in [2.75, 3.05) is 5.32 Å². The van der Waals surface area contributed by atoms with Crippen LogP contribution < -0.4 is 5.32 Å². The van der Waals surface area contributed by atoms with Gasteiger partial charge in [-0.3, -0.25) is 10.3 Å². The molecule has 0 fully saturated rings. The van der Waals surface area contributed by atoms with Crippen LogP contribution in [0.15, 0.2) is 48.7 Å². The number of para-hydroxylation sites is 1. The number of aryl methyl sites for hydroxylation is 1. The van der Waals surface area contributed by atoms with Gasteiger partial charge in [-0.05, 0) is 49.4 Å². The Morgan fingerprint density at radius 2 is 2.00 bits per heavy atom. The molecule has 1 heterocycles. The smallest absolute Gasteiger partial charge is 0.412 e. The predicted molar refractivity (Wildman–Crippen MR) is 81.1 cm³/mol. The molecule has 108 valence electrons. The second-order valence-electron chi connectivity index (χ2n) is 5.18. The van der Waals surface area contributed by atoms with E-state index in [-0.39, 0.29) is 6.10 Å². The van der Waals surface area contributed by atoms with Crippen LogP contribution >= 0.6 is 0 Å². The number of carbonyl (C=O) groups excluding carboxylic acids is 1. The number of aromatic nitrogens is 1. The van der Waals surface area contributed by atoms with Crippen LogP contribution in [0.25, 0.3) is 0 Å². The molecule has 2 aromatic rings. The predicted octanol–water partition coefficient (Wildman–Crippen LogP) is 4.10. The van der Waals surface area contributed by atoms with E-state index in [1.54, 1.807) is 6.20 Å². The molecule has 0 bridgehead atoms. The van der Waals surface area contributed by atoms with Gasteiger partial charge in [-0.1, -0.05) is 24.3 Å². The number of benzene rings is 1. The standard InChI is InChI=1S/C17H18N2O2/c20-17(19-14-9-2-1-3-10-14)21-15-11-5-4-7-13-8-6-12-18-16(13)15/h1-3,6,8-10,12,15H,4-5,7,11H2,(H,19,20)/t15-/m0/s1. The van der Waals surface area contributed by atoms with Crippen molar-refractivity contribution in [3.8, 4) is 0 Å². The molecular formula is C17H18N2O2. The van der Waals surface area contributed by atoms with Crippen molar-refractivity contribution in [1.82, 2.24) is 4.98 Å². The molecule has 4 nitrogen and oxygen atoms in total. The highest BCUT2D eigenvalue weighted by Gasteiger charge is 2.23. The summed E-state index contributed by atoms with van der Waals surface area (Å²) in [6.07, 6.45) is 5.06. The van der Waals surface area contributed by atoms with Gasteiger partial charge in [0.1, 0.15) is 6.10 Å². The van der Waals surface area contributed by atoms with Gasteiger partial charge < -0.3 is 4.74 Å². The van der Waals surface area contributed by atoms with Crippen molar-refractivity contribution < 1.29 is 9.53 Å². The SMILES string of the molecule is O=C(Nc1ccccc1)O[C@H]1CCCCc2cccnc21. The maximum Gasteiger partial charge on any atom is 0.412 e. The van der Waals surface area contributed by atoms with Crippen LogP contribution in [0.1, 0.15) is 36.6 Å².